The minimum Gasteiger partial charge on any atom is -0.356 e. The lowest BCUT2D eigenvalue weighted by Crippen LogP contribution is -2.43. The minimum atomic E-state index is 0.907. The van der Waals surface area contributed by atoms with E-state index in [0.29, 0.717) is 0 Å². The van der Waals surface area contributed by atoms with Gasteiger partial charge in [-0.1, -0.05) is 36.4 Å². The molecule has 0 aliphatic carbocycles. The molecule has 2 heterocycles. The second-order valence-corrected chi connectivity index (χ2v) is 6.17. The van der Waals surface area contributed by atoms with Gasteiger partial charge in [-0.3, -0.25) is 4.99 Å². The number of aromatic nitrogens is 3. The molecule has 0 amide bonds. The van der Waals surface area contributed by atoms with Gasteiger partial charge < -0.3 is 14.8 Å². The number of unbranched alkanes of at least 4 members (excludes halogenated alkanes) is 1. The van der Waals surface area contributed by atoms with Crippen LogP contribution in [0.15, 0.2) is 54.1 Å². The first-order valence-corrected chi connectivity index (χ1v) is 8.89. The first-order chi connectivity index (χ1) is 12.4. The maximum absolute atomic E-state index is 4.43. The van der Waals surface area contributed by atoms with Crippen molar-refractivity contribution in [2.24, 2.45) is 4.99 Å². The highest BCUT2D eigenvalue weighted by Gasteiger charge is 2.15. The van der Waals surface area contributed by atoms with Gasteiger partial charge in [-0.15, -0.1) is 10.2 Å². The molecular weight excluding hydrogens is 312 g/mol. The van der Waals surface area contributed by atoms with Gasteiger partial charge in [-0.05, 0) is 30.4 Å². The van der Waals surface area contributed by atoms with Crippen LogP contribution in [0.2, 0.25) is 0 Å². The molecule has 1 aliphatic heterocycles. The third-order valence-electron chi connectivity index (χ3n) is 4.46. The largest absolute Gasteiger partial charge is 0.356 e. The number of rotatable bonds is 6. The Morgan fingerprint density at radius 2 is 1.96 bits per heavy atom. The van der Waals surface area contributed by atoms with Crippen molar-refractivity contribution < 1.29 is 0 Å². The predicted octanol–water partition coefficient (Wildman–Crippen LogP) is 2.42. The van der Waals surface area contributed by atoms with Crippen LogP contribution in [0.4, 0.5) is 0 Å². The van der Waals surface area contributed by atoms with Gasteiger partial charge in [0.15, 0.2) is 5.96 Å². The zero-order chi connectivity index (χ0) is 17.3. The lowest BCUT2D eigenvalue weighted by atomic mass is 10.00. The summed E-state index contributed by atoms with van der Waals surface area (Å²) in [4.78, 5) is 6.75. The number of guanidine groups is 1. The van der Waals surface area contributed by atoms with Crippen molar-refractivity contribution in [3.05, 3.63) is 54.6 Å². The van der Waals surface area contributed by atoms with Crippen molar-refractivity contribution in [1.82, 2.24) is 25.0 Å². The molecule has 6 heteroatoms. The summed E-state index contributed by atoms with van der Waals surface area (Å²) in [6.07, 6.45) is 9.08. The van der Waals surface area contributed by atoms with E-state index in [1.807, 2.05) is 11.6 Å². The van der Waals surface area contributed by atoms with Crippen LogP contribution in [-0.2, 0) is 6.54 Å². The van der Waals surface area contributed by atoms with Gasteiger partial charge in [-0.25, -0.2) is 0 Å². The van der Waals surface area contributed by atoms with Crippen LogP contribution in [-0.4, -0.2) is 52.3 Å². The molecule has 0 atom stereocenters. The van der Waals surface area contributed by atoms with Crippen LogP contribution in [0.5, 0.6) is 0 Å². The molecule has 1 aromatic carbocycles. The summed E-state index contributed by atoms with van der Waals surface area (Å²) in [5.41, 5.74) is 2.76. The number of nitrogens with zero attached hydrogens (tertiary/aromatic N) is 5. The molecule has 132 valence electrons. The van der Waals surface area contributed by atoms with Crippen LogP contribution < -0.4 is 5.32 Å². The lowest BCUT2D eigenvalue weighted by Gasteiger charge is -2.29. The first kappa shape index (κ1) is 17.2. The Labute approximate surface area is 149 Å². The molecule has 1 N–H and O–H groups in total. The topological polar surface area (TPSA) is 58.3 Å². The summed E-state index contributed by atoms with van der Waals surface area (Å²) < 4.78 is 2.01. The standard InChI is InChI=1S/C19H26N6/c1-20-19(21-11-5-6-12-24-15-22-23-16-24)25-13-9-18(10-14-25)17-7-3-2-4-8-17/h2-4,7-9,15-16H,5-6,10-14H2,1H3,(H,20,21). The number of hydrogen-bond donors (Lipinski definition) is 1. The molecule has 1 aromatic heterocycles. The van der Waals surface area contributed by atoms with Crippen molar-refractivity contribution >= 4 is 11.5 Å². The Kier molecular flexibility index (Phi) is 6.20. The van der Waals surface area contributed by atoms with Crippen molar-refractivity contribution in [2.45, 2.75) is 25.8 Å². The fourth-order valence-electron chi connectivity index (χ4n) is 3.07. The molecule has 0 radical (unpaired) electrons. The zero-order valence-electron chi connectivity index (χ0n) is 14.8. The molecule has 25 heavy (non-hydrogen) atoms. The van der Waals surface area contributed by atoms with E-state index < -0.39 is 0 Å². The third-order valence-corrected chi connectivity index (χ3v) is 4.46. The Morgan fingerprint density at radius 3 is 2.64 bits per heavy atom. The van der Waals surface area contributed by atoms with Crippen molar-refractivity contribution in [2.75, 3.05) is 26.7 Å². The highest BCUT2D eigenvalue weighted by Crippen LogP contribution is 2.21. The Balaban J connectivity index is 1.42. The molecule has 0 unspecified atom stereocenters. The second-order valence-electron chi connectivity index (χ2n) is 6.17. The first-order valence-electron chi connectivity index (χ1n) is 8.89. The summed E-state index contributed by atoms with van der Waals surface area (Å²) in [7, 11) is 1.86. The molecule has 0 spiro atoms. The molecule has 1 aliphatic rings. The SMILES string of the molecule is CN=C(NCCCCn1cnnc1)N1CC=C(c2ccccc2)CC1. The molecule has 3 rings (SSSR count). The third kappa shape index (κ3) is 4.92. The van der Waals surface area contributed by atoms with Gasteiger partial charge in [0.2, 0.25) is 0 Å². The molecule has 0 saturated carbocycles. The fourth-order valence-corrected chi connectivity index (χ4v) is 3.07. The fraction of sp³-hybridized carbons (Fsp3) is 0.421. The van der Waals surface area contributed by atoms with E-state index in [4.69, 9.17) is 0 Å². The lowest BCUT2D eigenvalue weighted by molar-refractivity contribution is 0.438. The van der Waals surface area contributed by atoms with Crippen LogP contribution in [0, 0.1) is 0 Å². The van der Waals surface area contributed by atoms with E-state index in [2.05, 4.69) is 61.8 Å². The van der Waals surface area contributed by atoms with Gasteiger partial charge in [0.1, 0.15) is 12.7 Å². The summed E-state index contributed by atoms with van der Waals surface area (Å²) >= 11 is 0. The summed E-state index contributed by atoms with van der Waals surface area (Å²) in [5.74, 6) is 0.993. The van der Waals surface area contributed by atoms with Crippen molar-refractivity contribution in [1.29, 1.82) is 0 Å². The van der Waals surface area contributed by atoms with Gasteiger partial charge in [0.05, 0.1) is 0 Å². The Bertz CT molecular complexity index is 690. The van der Waals surface area contributed by atoms with E-state index in [9.17, 15) is 0 Å². The molecule has 2 aromatic rings. The average molecular weight is 338 g/mol. The second kappa shape index (κ2) is 9.01. The van der Waals surface area contributed by atoms with Crippen LogP contribution in [0.25, 0.3) is 5.57 Å². The number of aliphatic imine (C=N–C) groups is 1. The average Bonchev–Trinajstić information content (AvgIpc) is 3.19. The Hall–Kier alpha value is -2.63. The number of benzene rings is 1. The number of hydrogen-bond acceptors (Lipinski definition) is 3. The van der Waals surface area contributed by atoms with E-state index in [0.717, 1.165) is 51.4 Å². The van der Waals surface area contributed by atoms with E-state index in [1.165, 1.54) is 11.1 Å². The van der Waals surface area contributed by atoms with E-state index in [1.54, 1.807) is 12.7 Å². The highest BCUT2D eigenvalue weighted by molar-refractivity contribution is 5.81. The smallest absolute Gasteiger partial charge is 0.193 e. The van der Waals surface area contributed by atoms with Gasteiger partial charge >= 0.3 is 0 Å². The summed E-state index contributed by atoms with van der Waals surface area (Å²) in [6, 6.07) is 10.6. The molecule has 0 saturated heterocycles. The summed E-state index contributed by atoms with van der Waals surface area (Å²) in [6.45, 7) is 3.80. The number of nitrogens with one attached hydrogen (secondary N) is 1. The van der Waals surface area contributed by atoms with Gasteiger partial charge in [0, 0.05) is 33.2 Å². The van der Waals surface area contributed by atoms with Crippen LogP contribution in [0.1, 0.15) is 24.8 Å². The minimum absolute atomic E-state index is 0.907. The highest BCUT2D eigenvalue weighted by atomic mass is 15.3. The van der Waals surface area contributed by atoms with Gasteiger partial charge in [0.25, 0.3) is 0 Å². The monoisotopic (exact) mass is 338 g/mol. The Morgan fingerprint density at radius 1 is 1.16 bits per heavy atom. The molecular formula is C19H26N6. The molecule has 0 fully saturated rings. The zero-order valence-corrected chi connectivity index (χ0v) is 14.8. The quantitative estimate of drug-likeness (QED) is 0.499. The van der Waals surface area contributed by atoms with Crippen LogP contribution >= 0.6 is 0 Å². The van der Waals surface area contributed by atoms with Crippen LogP contribution in [0.3, 0.4) is 0 Å². The van der Waals surface area contributed by atoms with Crippen molar-refractivity contribution in [3.8, 4) is 0 Å². The summed E-state index contributed by atoms with van der Waals surface area (Å²) in [5, 5.41) is 11.1. The molecule has 0 bridgehead atoms. The maximum Gasteiger partial charge on any atom is 0.193 e. The van der Waals surface area contributed by atoms with E-state index in [-0.39, 0.29) is 0 Å². The number of aryl methyl sites for hydroxylation is 1. The van der Waals surface area contributed by atoms with Gasteiger partial charge in [-0.2, -0.15) is 0 Å². The van der Waals surface area contributed by atoms with Crippen molar-refractivity contribution in [3.63, 3.8) is 0 Å². The maximum atomic E-state index is 4.43. The predicted molar refractivity (Wildman–Crippen MR) is 101 cm³/mol. The van der Waals surface area contributed by atoms with E-state index >= 15 is 0 Å². The normalized spacial score (nSPS) is 15.2. The molecule has 6 nitrogen and oxygen atoms in total.